The van der Waals surface area contributed by atoms with Crippen LogP contribution in [0.3, 0.4) is 0 Å². The normalized spacial score (nSPS) is 28.1. The Morgan fingerprint density at radius 1 is 1.35 bits per heavy atom. The molecule has 1 rings (SSSR count). The highest BCUT2D eigenvalue weighted by molar-refractivity contribution is 5.75. The highest BCUT2D eigenvalue weighted by Crippen LogP contribution is 2.33. The van der Waals surface area contributed by atoms with Crippen molar-refractivity contribution in [1.82, 2.24) is 5.32 Å². The van der Waals surface area contributed by atoms with Gasteiger partial charge in [0.2, 0.25) is 0 Å². The van der Waals surface area contributed by atoms with Gasteiger partial charge in [-0.3, -0.25) is 4.79 Å². The first-order chi connectivity index (χ1) is 9.54. The summed E-state index contributed by atoms with van der Waals surface area (Å²) in [5.41, 5.74) is -0.649. The minimum atomic E-state index is -0.649. The predicted molar refractivity (Wildman–Crippen MR) is 80.5 cm³/mol. The van der Waals surface area contributed by atoms with E-state index in [0.717, 1.165) is 44.4 Å². The van der Waals surface area contributed by atoms with Crippen LogP contribution in [0.15, 0.2) is 0 Å². The Bertz CT molecular complexity index is 285. The number of carbonyl (C=O) groups is 1. The maximum atomic E-state index is 11.8. The van der Waals surface area contributed by atoms with E-state index >= 15 is 0 Å². The lowest BCUT2D eigenvalue weighted by Gasteiger charge is -2.36. The number of carbonyl (C=O) groups excluding carboxylic acids is 1. The van der Waals surface area contributed by atoms with Crippen LogP contribution >= 0.6 is 0 Å². The molecule has 0 aromatic carbocycles. The molecule has 1 fully saturated rings. The molecule has 1 atom stereocenters. The molecule has 118 valence electrons. The molecule has 1 unspecified atom stereocenters. The summed E-state index contributed by atoms with van der Waals surface area (Å²) in [7, 11) is 0. The fourth-order valence-electron chi connectivity index (χ4n) is 2.95. The van der Waals surface area contributed by atoms with E-state index in [1.54, 1.807) is 0 Å². The third-order valence-electron chi connectivity index (χ3n) is 4.44. The molecule has 0 bridgehead atoms. The molecular formula is C16H31NO3. The second-order valence-corrected chi connectivity index (χ2v) is 6.05. The number of nitrogens with one attached hydrogen (secondary N) is 1. The SMILES string of the molecule is CCCC(NCC1(O)CCC(CC)CC1)C(=O)OCC. The lowest BCUT2D eigenvalue weighted by Crippen LogP contribution is -2.49. The van der Waals surface area contributed by atoms with Gasteiger partial charge in [0.05, 0.1) is 12.2 Å². The number of aliphatic hydroxyl groups is 1. The minimum Gasteiger partial charge on any atom is -0.465 e. The molecule has 0 aliphatic heterocycles. The second-order valence-electron chi connectivity index (χ2n) is 6.05. The Kier molecular flexibility index (Phi) is 7.52. The fourth-order valence-corrected chi connectivity index (χ4v) is 2.95. The van der Waals surface area contributed by atoms with Gasteiger partial charge in [-0.15, -0.1) is 0 Å². The number of esters is 1. The first-order valence-electron chi connectivity index (χ1n) is 8.17. The number of rotatable bonds is 8. The lowest BCUT2D eigenvalue weighted by atomic mass is 9.77. The van der Waals surface area contributed by atoms with Gasteiger partial charge in [0.15, 0.2) is 0 Å². The fraction of sp³-hybridized carbons (Fsp3) is 0.938. The van der Waals surface area contributed by atoms with Crippen LogP contribution in [-0.4, -0.2) is 35.9 Å². The maximum absolute atomic E-state index is 11.8. The van der Waals surface area contributed by atoms with Gasteiger partial charge in [-0.25, -0.2) is 0 Å². The van der Waals surface area contributed by atoms with E-state index in [1.807, 2.05) is 6.92 Å². The van der Waals surface area contributed by atoms with E-state index in [9.17, 15) is 9.90 Å². The quantitative estimate of drug-likeness (QED) is 0.673. The Labute approximate surface area is 123 Å². The van der Waals surface area contributed by atoms with E-state index in [2.05, 4.69) is 19.2 Å². The van der Waals surface area contributed by atoms with E-state index < -0.39 is 5.60 Å². The van der Waals surface area contributed by atoms with Gasteiger partial charge >= 0.3 is 5.97 Å². The summed E-state index contributed by atoms with van der Waals surface area (Å²) in [5.74, 6) is 0.562. The van der Waals surface area contributed by atoms with Crippen molar-refractivity contribution in [3.05, 3.63) is 0 Å². The summed E-state index contributed by atoms with van der Waals surface area (Å²) in [6, 6.07) is -0.284. The van der Waals surface area contributed by atoms with Gasteiger partial charge < -0.3 is 15.2 Å². The van der Waals surface area contributed by atoms with Crippen molar-refractivity contribution in [1.29, 1.82) is 0 Å². The van der Waals surface area contributed by atoms with Crippen molar-refractivity contribution in [2.45, 2.75) is 77.4 Å². The highest BCUT2D eigenvalue weighted by Gasteiger charge is 2.33. The summed E-state index contributed by atoms with van der Waals surface area (Å²) >= 11 is 0. The first kappa shape index (κ1) is 17.4. The van der Waals surface area contributed by atoms with Crippen molar-refractivity contribution in [3.8, 4) is 0 Å². The molecule has 0 aromatic heterocycles. The lowest BCUT2D eigenvalue weighted by molar-refractivity contribution is -0.146. The third kappa shape index (κ3) is 5.41. The van der Waals surface area contributed by atoms with Crippen molar-refractivity contribution < 1.29 is 14.6 Å². The van der Waals surface area contributed by atoms with Crippen molar-refractivity contribution >= 4 is 5.97 Å². The summed E-state index contributed by atoms with van der Waals surface area (Å²) < 4.78 is 5.08. The van der Waals surface area contributed by atoms with Gasteiger partial charge in [-0.2, -0.15) is 0 Å². The standard InChI is InChI=1S/C16H31NO3/c1-4-7-14(15(18)20-6-3)17-12-16(19)10-8-13(5-2)9-11-16/h13-14,17,19H,4-12H2,1-3H3. The average molecular weight is 285 g/mol. The molecule has 4 nitrogen and oxygen atoms in total. The van der Waals surface area contributed by atoms with Crippen LogP contribution in [0.25, 0.3) is 0 Å². The van der Waals surface area contributed by atoms with Crippen molar-refractivity contribution in [2.24, 2.45) is 5.92 Å². The largest absolute Gasteiger partial charge is 0.465 e. The Morgan fingerprint density at radius 3 is 2.50 bits per heavy atom. The zero-order valence-corrected chi connectivity index (χ0v) is 13.3. The molecule has 0 aromatic rings. The van der Waals surface area contributed by atoms with Crippen LogP contribution < -0.4 is 5.32 Å². The van der Waals surface area contributed by atoms with E-state index in [0.29, 0.717) is 13.2 Å². The van der Waals surface area contributed by atoms with Crippen molar-refractivity contribution in [3.63, 3.8) is 0 Å². The molecule has 0 radical (unpaired) electrons. The van der Waals surface area contributed by atoms with Crippen molar-refractivity contribution in [2.75, 3.05) is 13.2 Å². The Morgan fingerprint density at radius 2 is 2.00 bits per heavy atom. The smallest absolute Gasteiger partial charge is 0.323 e. The first-order valence-corrected chi connectivity index (χ1v) is 8.17. The summed E-state index contributed by atoms with van der Waals surface area (Å²) in [6.45, 7) is 6.98. The molecule has 0 spiro atoms. The molecule has 1 aliphatic carbocycles. The van der Waals surface area contributed by atoms with E-state index in [4.69, 9.17) is 4.74 Å². The Hall–Kier alpha value is -0.610. The van der Waals surface area contributed by atoms with Crippen LogP contribution in [0.4, 0.5) is 0 Å². The van der Waals surface area contributed by atoms with Gasteiger partial charge in [0.1, 0.15) is 6.04 Å². The third-order valence-corrected chi connectivity index (χ3v) is 4.44. The predicted octanol–water partition coefficient (Wildman–Crippen LogP) is 2.64. The Balaban J connectivity index is 2.44. The molecule has 4 heteroatoms. The molecule has 0 heterocycles. The second kappa shape index (κ2) is 8.63. The van der Waals surface area contributed by atoms with Gasteiger partial charge in [0.25, 0.3) is 0 Å². The number of hydrogen-bond acceptors (Lipinski definition) is 4. The van der Waals surface area contributed by atoms with Gasteiger partial charge in [-0.05, 0) is 44.9 Å². The highest BCUT2D eigenvalue weighted by atomic mass is 16.5. The van der Waals surface area contributed by atoms with Crippen LogP contribution in [0.5, 0.6) is 0 Å². The van der Waals surface area contributed by atoms with Crippen LogP contribution in [0.2, 0.25) is 0 Å². The topological polar surface area (TPSA) is 58.6 Å². The molecule has 1 saturated carbocycles. The molecule has 1 aliphatic rings. The van der Waals surface area contributed by atoms with Gasteiger partial charge in [0, 0.05) is 6.54 Å². The monoisotopic (exact) mass is 285 g/mol. The zero-order valence-electron chi connectivity index (χ0n) is 13.3. The maximum Gasteiger partial charge on any atom is 0.323 e. The van der Waals surface area contributed by atoms with E-state index in [-0.39, 0.29) is 12.0 Å². The average Bonchev–Trinajstić information content (AvgIpc) is 2.44. The summed E-state index contributed by atoms with van der Waals surface area (Å²) in [6.07, 6.45) is 6.73. The summed E-state index contributed by atoms with van der Waals surface area (Å²) in [5, 5.41) is 13.8. The number of ether oxygens (including phenoxy) is 1. The summed E-state index contributed by atoms with van der Waals surface area (Å²) in [4.78, 5) is 11.8. The van der Waals surface area contributed by atoms with Crippen LogP contribution in [0, 0.1) is 5.92 Å². The minimum absolute atomic E-state index is 0.194. The van der Waals surface area contributed by atoms with Crippen LogP contribution in [0.1, 0.15) is 65.7 Å². The number of hydrogen-bond donors (Lipinski definition) is 2. The molecule has 0 saturated heterocycles. The molecular weight excluding hydrogens is 254 g/mol. The molecule has 20 heavy (non-hydrogen) atoms. The molecule has 0 amide bonds. The van der Waals surface area contributed by atoms with E-state index in [1.165, 1.54) is 6.42 Å². The van der Waals surface area contributed by atoms with Gasteiger partial charge in [-0.1, -0.05) is 26.7 Å². The van der Waals surface area contributed by atoms with Crippen LogP contribution in [-0.2, 0) is 9.53 Å². The zero-order chi connectivity index (χ0) is 15.0. The molecule has 2 N–H and O–H groups in total.